The van der Waals surface area contributed by atoms with Gasteiger partial charge >= 0.3 is 0 Å². The lowest BCUT2D eigenvalue weighted by molar-refractivity contribution is 0.222. The first-order valence-corrected chi connectivity index (χ1v) is 4.55. The van der Waals surface area contributed by atoms with E-state index in [1.54, 1.807) is 0 Å². The van der Waals surface area contributed by atoms with Gasteiger partial charge in [0.1, 0.15) is 18.2 Å². The van der Waals surface area contributed by atoms with Crippen LogP contribution < -0.4 is 0 Å². The molecule has 4 nitrogen and oxygen atoms in total. The van der Waals surface area contributed by atoms with Crippen LogP contribution in [0.1, 0.15) is 17.3 Å². The van der Waals surface area contributed by atoms with E-state index in [2.05, 4.69) is 14.7 Å². The van der Waals surface area contributed by atoms with Crippen LogP contribution in [0.15, 0.2) is 22.7 Å². The Labute approximate surface area is 89.5 Å². The van der Waals surface area contributed by atoms with E-state index in [0.29, 0.717) is 0 Å². The number of halogens is 2. The average Bonchev–Trinajstić information content (AvgIpc) is 2.70. The molecule has 1 heterocycles. The second kappa shape index (κ2) is 4.36. The molecule has 1 aromatic heterocycles. The summed E-state index contributed by atoms with van der Waals surface area (Å²) in [5.41, 5.74) is 0.270. The number of nitrogens with zero attached hydrogens (tertiary/aromatic N) is 2. The quantitative estimate of drug-likeness (QED) is 0.860. The molecule has 0 bridgehead atoms. The van der Waals surface area contributed by atoms with E-state index in [9.17, 15) is 8.78 Å². The molecule has 16 heavy (non-hydrogen) atoms. The van der Waals surface area contributed by atoms with Crippen LogP contribution >= 0.6 is 0 Å². The van der Waals surface area contributed by atoms with Gasteiger partial charge in [-0.2, -0.15) is 4.98 Å². The number of hydrogen-bond donors (Lipinski definition) is 1. The third-order valence-corrected chi connectivity index (χ3v) is 2.01. The standard InChI is InChI=1S/C10H8F2N2O2/c11-7-2-1-6(8(12)4-7)3-9-13-10(5-15)16-14-9/h1-2,4,15H,3,5H2. The number of aliphatic hydroxyl groups excluding tert-OH is 1. The van der Waals surface area contributed by atoms with E-state index in [1.807, 2.05) is 0 Å². The predicted molar refractivity (Wildman–Crippen MR) is 49.4 cm³/mol. The number of aromatic nitrogens is 2. The fourth-order valence-corrected chi connectivity index (χ4v) is 1.26. The van der Waals surface area contributed by atoms with Crippen LogP contribution in [-0.4, -0.2) is 15.2 Å². The first kappa shape index (κ1) is 10.7. The maximum absolute atomic E-state index is 13.2. The van der Waals surface area contributed by atoms with E-state index in [4.69, 9.17) is 5.11 Å². The van der Waals surface area contributed by atoms with Gasteiger partial charge in [-0.05, 0) is 11.6 Å². The van der Waals surface area contributed by atoms with Gasteiger partial charge in [0.2, 0.25) is 0 Å². The van der Waals surface area contributed by atoms with Gasteiger partial charge in [0.25, 0.3) is 5.89 Å². The van der Waals surface area contributed by atoms with Gasteiger partial charge in [-0.15, -0.1) is 0 Å². The molecule has 0 unspecified atom stereocenters. The Kier molecular flexibility index (Phi) is 2.91. The van der Waals surface area contributed by atoms with Gasteiger partial charge in [-0.25, -0.2) is 8.78 Å². The molecule has 1 N–H and O–H groups in total. The van der Waals surface area contributed by atoms with Crippen molar-refractivity contribution in [1.82, 2.24) is 10.1 Å². The van der Waals surface area contributed by atoms with Crippen LogP contribution in [0.2, 0.25) is 0 Å². The first-order valence-electron chi connectivity index (χ1n) is 4.55. The summed E-state index contributed by atoms with van der Waals surface area (Å²) >= 11 is 0. The van der Waals surface area contributed by atoms with Gasteiger partial charge < -0.3 is 9.63 Å². The maximum atomic E-state index is 13.2. The minimum absolute atomic E-state index is 0.0671. The molecular formula is C10H8F2N2O2. The van der Waals surface area contributed by atoms with Crippen molar-refractivity contribution in [3.8, 4) is 0 Å². The van der Waals surface area contributed by atoms with E-state index < -0.39 is 11.6 Å². The summed E-state index contributed by atoms with van der Waals surface area (Å²) in [7, 11) is 0. The van der Waals surface area contributed by atoms with E-state index >= 15 is 0 Å². The normalized spacial score (nSPS) is 10.7. The highest BCUT2D eigenvalue weighted by atomic mass is 19.1. The number of rotatable bonds is 3. The summed E-state index contributed by atoms with van der Waals surface area (Å²) in [4.78, 5) is 3.80. The van der Waals surface area contributed by atoms with Gasteiger partial charge in [0.05, 0.1) is 0 Å². The molecule has 0 radical (unpaired) electrons. The van der Waals surface area contributed by atoms with E-state index in [0.717, 1.165) is 12.1 Å². The third-order valence-electron chi connectivity index (χ3n) is 2.01. The van der Waals surface area contributed by atoms with Gasteiger partial charge in [-0.3, -0.25) is 0 Å². The van der Waals surface area contributed by atoms with Crippen molar-refractivity contribution in [2.45, 2.75) is 13.0 Å². The highest BCUT2D eigenvalue weighted by molar-refractivity contribution is 5.21. The fraction of sp³-hybridized carbons (Fsp3) is 0.200. The smallest absolute Gasteiger partial charge is 0.252 e. The second-order valence-electron chi connectivity index (χ2n) is 3.17. The van der Waals surface area contributed by atoms with Crippen molar-refractivity contribution in [2.24, 2.45) is 0 Å². The molecule has 6 heteroatoms. The largest absolute Gasteiger partial charge is 0.387 e. The molecule has 0 saturated heterocycles. The Balaban J connectivity index is 2.20. The molecule has 0 aliphatic carbocycles. The molecule has 0 atom stereocenters. The molecule has 2 aromatic rings. The summed E-state index contributed by atoms with van der Waals surface area (Å²) in [6, 6.07) is 3.27. The molecule has 1 aromatic carbocycles. The van der Waals surface area contributed by atoms with Crippen LogP contribution in [0, 0.1) is 11.6 Å². The Morgan fingerprint density at radius 1 is 1.31 bits per heavy atom. The topological polar surface area (TPSA) is 59.2 Å². The Morgan fingerprint density at radius 3 is 2.75 bits per heavy atom. The summed E-state index contributed by atoms with van der Waals surface area (Å²) in [5, 5.41) is 12.2. The molecule has 0 saturated carbocycles. The van der Waals surface area contributed by atoms with Crippen molar-refractivity contribution < 1.29 is 18.4 Å². The lowest BCUT2D eigenvalue weighted by Gasteiger charge is -1.98. The van der Waals surface area contributed by atoms with Crippen LogP contribution in [0.25, 0.3) is 0 Å². The van der Waals surface area contributed by atoms with Gasteiger partial charge in [-0.1, -0.05) is 11.2 Å². The zero-order valence-electron chi connectivity index (χ0n) is 8.15. The van der Waals surface area contributed by atoms with Gasteiger partial charge in [0, 0.05) is 12.5 Å². The molecule has 84 valence electrons. The second-order valence-corrected chi connectivity index (χ2v) is 3.17. The third kappa shape index (κ3) is 2.22. The summed E-state index contributed by atoms with van der Waals surface area (Å²) in [6.07, 6.45) is 0.0929. The number of hydrogen-bond acceptors (Lipinski definition) is 4. The molecule has 0 amide bonds. The Morgan fingerprint density at radius 2 is 2.12 bits per heavy atom. The van der Waals surface area contributed by atoms with Gasteiger partial charge in [0.15, 0.2) is 5.82 Å². The van der Waals surface area contributed by atoms with Crippen molar-refractivity contribution in [1.29, 1.82) is 0 Å². The molecule has 0 fully saturated rings. The SMILES string of the molecule is OCc1nc(Cc2ccc(F)cc2F)no1. The number of benzene rings is 1. The summed E-state index contributed by atoms with van der Waals surface area (Å²) in [5.74, 6) is -0.979. The highest BCUT2D eigenvalue weighted by Crippen LogP contribution is 2.13. The minimum atomic E-state index is -0.657. The van der Waals surface area contributed by atoms with Crippen molar-refractivity contribution in [2.75, 3.05) is 0 Å². The Bertz CT molecular complexity index is 499. The molecule has 0 aliphatic heterocycles. The monoisotopic (exact) mass is 226 g/mol. The zero-order chi connectivity index (χ0) is 11.5. The summed E-state index contributed by atoms with van der Waals surface area (Å²) in [6.45, 7) is -0.362. The average molecular weight is 226 g/mol. The molecule has 0 spiro atoms. The lowest BCUT2D eigenvalue weighted by atomic mass is 10.1. The zero-order valence-corrected chi connectivity index (χ0v) is 8.15. The van der Waals surface area contributed by atoms with Crippen molar-refractivity contribution in [3.05, 3.63) is 47.1 Å². The fourth-order valence-electron chi connectivity index (χ4n) is 1.26. The summed E-state index contributed by atoms with van der Waals surface area (Å²) < 4.78 is 30.5. The molecule has 0 aliphatic rings. The van der Waals surface area contributed by atoms with Crippen LogP contribution in [-0.2, 0) is 13.0 Å². The van der Waals surface area contributed by atoms with E-state index in [1.165, 1.54) is 6.07 Å². The Hall–Kier alpha value is -1.82. The maximum Gasteiger partial charge on any atom is 0.252 e. The first-order chi connectivity index (χ1) is 7.69. The number of aliphatic hydroxyl groups is 1. The molecular weight excluding hydrogens is 218 g/mol. The van der Waals surface area contributed by atoms with Crippen LogP contribution in [0.5, 0.6) is 0 Å². The molecule has 2 rings (SSSR count). The van der Waals surface area contributed by atoms with E-state index in [-0.39, 0.29) is 30.3 Å². The van der Waals surface area contributed by atoms with Crippen molar-refractivity contribution in [3.63, 3.8) is 0 Å². The lowest BCUT2D eigenvalue weighted by Crippen LogP contribution is -1.95. The predicted octanol–water partition coefficient (Wildman–Crippen LogP) is 1.43. The van der Waals surface area contributed by atoms with Crippen LogP contribution in [0.3, 0.4) is 0 Å². The van der Waals surface area contributed by atoms with Crippen molar-refractivity contribution >= 4 is 0 Å². The highest BCUT2D eigenvalue weighted by Gasteiger charge is 2.09. The van der Waals surface area contributed by atoms with Crippen LogP contribution in [0.4, 0.5) is 8.78 Å². The minimum Gasteiger partial charge on any atom is -0.387 e.